The Labute approximate surface area is 110 Å². The van der Waals surface area contributed by atoms with Crippen LogP contribution in [0.15, 0.2) is 24.3 Å². The average Bonchev–Trinajstić information content (AvgIpc) is 2.35. The molecule has 1 aromatic rings. The minimum Gasteiger partial charge on any atom is -0.310 e. The Kier molecular flexibility index (Phi) is 7.85. The molecule has 2 nitrogen and oxygen atoms in total. The molecule has 0 aliphatic rings. The molecule has 0 radical (unpaired) electrons. The second kappa shape index (κ2) is 8.26. The Hall–Kier alpha value is -0.860. The highest BCUT2D eigenvalue weighted by Gasteiger charge is 2.16. The van der Waals surface area contributed by atoms with E-state index in [1.807, 2.05) is 31.3 Å². The predicted octanol–water partition coefficient (Wildman–Crippen LogP) is 3.24. The van der Waals surface area contributed by atoms with Gasteiger partial charge in [-0.1, -0.05) is 44.5 Å². The number of carbonyl (C=O) groups excluding carboxylic acids is 1. The summed E-state index contributed by atoms with van der Waals surface area (Å²) in [7, 11) is 1.85. The number of carbonyl (C=O) groups is 1. The molecule has 1 unspecified atom stereocenters. The molecular weight excluding hydrogens is 234 g/mol. The van der Waals surface area contributed by atoms with Crippen LogP contribution in [-0.2, 0) is 6.42 Å². The average molecular weight is 256 g/mol. The number of benzene rings is 1. The lowest BCUT2D eigenvalue weighted by molar-refractivity contribution is 0.0942. The summed E-state index contributed by atoms with van der Waals surface area (Å²) < 4.78 is 0. The van der Waals surface area contributed by atoms with Crippen molar-refractivity contribution in [1.29, 1.82) is 0 Å². The van der Waals surface area contributed by atoms with E-state index in [9.17, 15) is 4.79 Å². The molecule has 0 amide bonds. The van der Waals surface area contributed by atoms with Crippen LogP contribution in [0.3, 0.4) is 0 Å². The highest BCUT2D eigenvalue weighted by molar-refractivity contribution is 6.00. The lowest BCUT2D eigenvalue weighted by Crippen LogP contribution is -2.33. The van der Waals surface area contributed by atoms with Crippen molar-refractivity contribution in [3.05, 3.63) is 35.4 Å². The Morgan fingerprint density at radius 3 is 2.24 bits per heavy atom. The highest BCUT2D eigenvalue weighted by Crippen LogP contribution is 2.10. The second-order valence-corrected chi connectivity index (χ2v) is 4.04. The van der Waals surface area contributed by atoms with Gasteiger partial charge in [0.15, 0.2) is 5.78 Å². The smallest absolute Gasteiger partial charge is 0.179 e. The van der Waals surface area contributed by atoms with Gasteiger partial charge in [0.25, 0.3) is 0 Å². The van der Waals surface area contributed by atoms with E-state index in [1.54, 1.807) is 0 Å². The first-order chi connectivity index (χ1) is 7.72. The van der Waals surface area contributed by atoms with Gasteiger partial charge in [-0.3, -0.25) is 4.79 Å². The van der Waals surface area contributed by atoms with Crippen molar-refractivity contribution in [3.8, 4) is 0 Å². The summed E-state index contributed by atoms with van der Waals surface area (Å²) in [4.78, 5) is 12.1. The molecule has 0 heterocycles. The van der Waals surface area contributed by atoms with Gasteiger partial charge < -0.3 is 5.32 Å². The zero-order chi connectivity index (χ0) is 12.0. The third-order valence-corrected chi connectivity index (χ3v) is 2.89. The zero-order valence-electron chi connectivity index (χ0n) is 10.8. The van der Waals surface area contributed by atoms with Crippen molar-refractivity contribution in [2.45, 2.75) is 39.2 Å². The third-order valence-electron chi connectivity index (χ3n) is 2.89. The molecule has 0 bridgehead atoms. The standard InChI is InChI=1S/C14H21NO.ClH/c1-4-6-13(15-3)14(16)12-9-7-11(5-2)8-10-12;/h7-10,13,15H,4-6H2,1-3H3;1H. The summed E-state index contributed by atoms with van der Waals surface area (Å²) in [5.41, 5.74) is 2.08. The predicted molar refractivity (Wildman–Crippen MR) is 75.2 cm³/mol. The van der Waals surface area contributed by atoms with Crippen LogP contribution in [0.2, 0.25) is 0 Å². The van der Waals surface area contributed by atoms with E-state index in [1.165, 1.54) is 5.56 Å². The zero-order valence-corrected chi connectivity index (χ0v) is 11.6. The SMILES string of the molecule is CCCC(NC)C(=O)c1ccc(CC)cc1.Cl. The number of likely N-dealkylation sites (N-methyl/N-ethyl adjacent to an activating group) is 1. The molecule has 1 atom stereocenters. The molecule has 0 saturated heterocycles. The van der Waals surface area contributed by atoms with Crippen LogP contribution in [0.4, 0.5) is 0 Å². The van der Waals surface area contributed by atoms with Crippen LogP contribution in [-0.4, -0.2) is 18.9 Å². The molecule has 0 spiro atoms. The van der Waals surface area contributed by atoms with Crippen LogP contribution in [0.1, 0.15) is 42.6 Å². The second-order valence-electron chi connectivity index (χ2n) is 4.04. The summed E-state index contributed by atoms with van der Waals surface area (Å²) in [6, 6.07) is 7.89. The topological polar surface area (TPSA) is 29.1 Å². The summed E-state index contributed by atoms with van der Waals surface area (Å²) in [5, 5.41) is 3.08. The van der Waals surface area contributed by atoms with Crippen molar-refractivity contribution >= 4 is 18.2 Å². The molecule has 0 aliphatic heterocycles. The molecule has 0 aliphatic carbocycles. The molecule has 1 rings (SSSR count). The van der Waals surface area contributed by atoms with Gasteiger partial charge in [-0.25, -0.2) is 0 Å². The van der Waals surface area contributed by atoms with Crippen LogP contribution in [0.25, 0.3) is 0 Å². The van der Waals surface area contributed by atoms with Crippen LogP contribution >= 0.6 is 12.4 Å². The molecule has 17 heavy (non-hydrogen) atoms. The first-order valence-corrected chi connectivity index (χ1v) is 6.03. The first-order valence-electron chi connectivity index (χ1n) is 6.03. The minimum absolute atomic E-state index is 0. The van der Waals surface area contributed by atoms with Gasteiger partial charge in [0.1, 0.15) is 0 Å². The van der Waals surface area contributed by atoms with E-state index >= 15 is 0 Å². The van der Waals surface area contributed by atoms with E-state index in [0.29, 0.717) is 0 Å². The molecule has 0 aromatic heterocycles. The van der Waals surface area contributed by atoms with Gasteiger partial charge in [0.05, 0.1) is 6.04 Å². The lowest BCUT2D eigenvalue weighted by Gasteiger charge is -2.14. The fourth-order valence-electron chi connectivity index (χ4n) is 1.80. The van der Waals surface area contributed by atoms with E-state index < -0.39 is 0 Å². The molecule has 1 N–H and O–H groups in total. The normalized spacial score (nSPS) is 11.7. The molecule has 1 aromatic carbocycles. The number of Topliss-reactive ketones (excluding diaryl/α,β-unsaturated/α-hetero) is 1. The molecule has 0 saturated carbocycles. The van der Waals surface area contributed by atoms with Crippen molar-refractivity contribution in [3.63, 3.8) is 0 Å². The van der Waals surface area contributed by atoms with Crippen molar-refractivity contribution < 1.29 is 4.79 Å². The molecule has 0 fully saturated rings. The number of rotatable bonds is 6. The molecule has 96 valence electrons. The largest absolute Gasteiger partial charge is 0.310 e. The van der Waals surface area contributed by atoms with Gasteiger partial charge in [0.2, 0.25) is 0 Å². The maximum absolute atomic E-state index is 12.1. The highest BCUT2D eigenvalue weighted by atomic mass is 35.5. The molecule has 3 heteroatoms. The fourth-order valence-corrected chi connectivity index (χ4v) is 1.80. The number of ketones is 1. The van der Waals surface area contributed by atoms with Gasteiger partial charge in [0, 0.05) is 5.56 Å². The van der Waals surface area contributed by atoms with E-state index in [2.05, 4.69) is 19.2 Å². The van der Waals surface area contributed by atoms with E-state index in [0.717, 1.165) is 24.8 Å². The Morgan fingerprint density at radius 2 is 1.82 bits per heavy atom. The van der Waals surface area contributed by atoms with Crippen molar-refractivity contribution in [2.24, 2.45) is 0 Å². The molecular formula is C14H22ClNO. The Bertz CT molecular complexity index is 335. The van der Waals surface area contributed by atoms with Gasteiger partial charge in [-0.15, -0.1) is 12.4 Å². The van der Waals surface area contributed by atoms with Gasteiger partial charge in [-0.2, -0.15) is 0 Å². The monoisotopic (exact) mass is 255 g/mol. The minimum atomic E-state index is -0.0440. The third kappa shape index (κ3) is 4.49. The summed E-state index contributed by atoms with van der Waals surface area (Å²) in [5.74, 6) is 0.201. The number of hydrogen-bond acceptors (Lipinski definition) is 2. The number of hydrogen-bond donors (Lipinski definition) is 1. The summed E-state index contributed by atoms with van der Waals surface area (Å²) in [6.45, 7) is 4.21. The Balaban J connectivity index is 0.00000256. The van der Waals surface area contributed by atoms with E-state index in [-0.39, 0.29) is 24.2 Å². The summed E-state index contributed by atoms with van der Waals surface area (Å²) in [6.07, 6.45) is 2.92. The van der Waals surface area contributed by atoms with Crippen LogP contribution in [0, 0.1) is 0 Å². The maximum atomic E-state index is 12.1. The fraction of sp³-hybridized carbons (Fsp3) is 0.500. The van der Waals surface area contributed by atoms with E-state index in [4.69, 9.17) is 0 Å². The quantitative estimate of drug-likeness (QED) is 0.791. The first kappa shape index (κ1) is 16.1. The van der Waals surface area contributed by atoms with Gasteiger partial charge >= 0.3 is 0 Å². The lowest BCUT2D eigenvalue weighted by atomic mass is 9.99. The van der Waals surface area contributed by atoms with Crippen molar-refractivity contribution in [1.82, 2.24) is 5.32 Å². The summed E-state index contributed by atoms with van der Waals surface area (Å²) >= 11 is 0. The van der Waals surface area contributed by atoms with Gasteiger partial charge in [-0.05, 0) is 25.5 Å². The number of halogens is 1. The Morgan fingerprint density at radius 1 is 1.24 bits per heavy atom. The number of aryl methyl sites for hydroxylation is 1. The van der Waals surface area contributed by atoms with Crippen LogP contribution < -0.4 is 5.32 Å². The number of nitrogens with one attached hydrogen (secondary N) is 1. The van der Waals surface area contributed by atoms with Crippen molar-refractivity contribution in [2.75, 3.05) is 7.05 Å². The maximum Gasteiger partial charge on any atom is 0.179 e. The van der Waals surface area contributed by atoms with Crippen LogP contribution in [0.5, 0.6) is 0 Å².